The number of alkyl halides is 2. The molecule has 0 radical (unpaired) electrons. The van der Waals surface area contributed by atoms with Crippen LogP contribution in [0.2, 0.25) is 0 Å². The Morgan fingerprint density at radius 3 is 1.80 bits per heavy atom. The van der Waals surface area contributed by atoms with E-state index in [4.69, 9.17) is 0 Å². The molecule has 0 saturated carbocycles. The minimum atomic E-state index is -1.13. The lowest BCUT2D eigenvalue weighted by Crippen LogP contribution is -2.33. The number of hydrogen-bond donors (Lipinski definition) is 0. The molecule has 0 aromatic carbocycles. The van der Waals surface area contributed by atoms with Crippen LogP contribution in [-0.4, -0.2) is 11.8 Å². The fraction of sp³-hybridized carbons (Fsp3) is 1.00. The van der Waals surface area contributed by atoms with Crippen molar-refractivity contribution in [2.24, 2.45) is 11.3 Å². The summed E-state index contributed by atoms with van der Waals surface area (Å²) < 4.78 is 27.6. The zero-order valence-corrected chi connectivity index (χ0v) is 11.0. The fourth-order valence-electron chi connectivity index (χ4n) is 1.60. The van der Waals surface area contributed by atoms with Crippen molar-refractivity contribution in [2.75, 3.05) is 0 Å². The molecule has 0 rings (SSSR count). The van der Waals surface area contributed by atoms with Gasteiger partial charge in [-0.2, -0.15) is 0 Å². The van der Waals surface area contributed by atoms with Gasteiger partial charge in [0.1, 0.15) is 11.8 Å². The van der Waals surface area contributed by atoms with E-state index in [1.807, 2.05) is 34.6 Å². The first-order chi connectivity index (χ1) is 6.65. The van der Waals surface area contributed by atoms with Gasteiger partial charge in [-0.05, 0) is 37.5 Å². The number of hydrogen-bond acceptors (Lipinski definition) is 0. The zero-order valence-electron chi connectivity index (χ0n) is 11.0. The Kier molecular flexibility index (Phi) is 5.22. The second kappa shape index (κ2) is 5.27. The highest BCUT2D eigenvalue weighted by atomic mass is 19.1. The minimum absolute atomic E-state index is 0.00761. The third-order valence-electron chi connectivity index (χ3n) is 3.88. The maximum atomic E-state index is 14.3. The van der Waals surface area contributed by atoms with Crippen molar-refractivity contribution >= 4 is 0 Å². The van der Waals surface area contributed by atoms with Gasteiger partial charge in [-0.1, -0.05) is 34.6 Å². The van der Waals surface area contributed by atoms with Crippen molar-refractivity contribution in [2.45, 2.75) is 72.6 Å². The molecule has 0 heterocycles. The van der Waals surface area contributed by atoms with Gasteiger partial charge in [-0.3, -0.25) is 0 Å². The Labute approximate surface area is 93.4 Å². The van der Waals surface area contributed by atoms with E-state index in [0.29, 0.717) is 19.3 Å². The Hall–Kier alpha value is -0.140. The molecule has 0 aliphatic carbocycles. The van der Waals surface area contributed by atoms with Crippen molar-refractivity contribution in [1.82, 2.24) is 0 Å². The van der Waals surface area contributed by atoms with Crippen LogP contribution in [0.1, 0.15) is 60.8 Å². The second-order valence-corrected chi connectivity index (χ2v) is 5.65. The van der Waals surface area contributed by atoms with Crippen LogP contribution in [0.5, 0.6) is 0 Å². The summed E-state index contributed by atoms with van der Waals surface area (Å²) in [6.07, 6.45) is 0.697. The third-order valence-corrected chi connectivity index (χ3v) is 3.88. The Balaban J connectivity index is 4.36. The molecule has 0 aromatic heterocycles. The van der Waals surface area contributed by atoms with Crippen LogP contribution in [0.25, 0.3) is 0 Å². The van der Waals surface area contributed by atoms with Crippen LogP contribution in [0.4, 0.5) is 8.78 Å². The lowest BCUT2D eigenvalue weighted by Gasteiger charge is -2.33. The quantitative estimate of drug-likeness (QED) is 0.595. The maximum Gasteiger partial charge on any atom is 0.113 e. The minimum Gasteiger partial charge on any atom is -0.247 e. The molecule has 2 atom stereocenters. The first-order valence-electron chi connectivity index (χ1n) is 5.98. The molecule has 0 aliphatic rings. The van der Waals surface area contributed by atoms with Gasteiger partial charge >= 0.3 is 0 Å². The van der Waals surface area contributed by atoms with Gasteiger partial charge in [0.15, 0.2) is 0 Å². The van der Waals surface area contributed by atoms with Gasteiger partial charge in [-0.15, -0.1) is 0 Å². The molecule has 0 aliphatic heterocycles. The van der Waals surface area contributed by atoms with Crippen molar-refractivity contribution in [1.29, 1.82) is 0 Å². The molecule has 0 bridgehead atoms. The summed E-state index contributed by atoms with van der Waals surface area (Å²) >= 11 is 0. The monoisotopic (exact) mass is 220 g/mol. The first kappa shape index (κ1) is 14.9. The van der Waals surface area contributed by atoms with Gasteiger partial charge in [0.2, 0.25) is 0 Å². The van der Waals surface area contributed by atoms with Gasteiger partial charge in [-0.25, -0.2) is 8.78 Å². The summed E-state index contributed by atoms with van der Waals surface area (Å²) in [5.74, 6) is 0.00761. The van der Waals surface area contributed by atoms with E-state index in [1.54, 1.807) is 6.92 Å². The van der Waals surface area contributed by atoms with E-state index < -0.39 is 17.3 Å². The average Bonchev–Trinajstić information content (AvgIpc) is 2.13. The van der Waals surface area contributed by atoms with Crippen molar-refractivity contribution in [3.05, 3.63) is 0 Å². The van der Waals surface area contributed by atoms with E-state index >= 15 is 0 Å². The predicted molar refractivity (Wildman–Crippen MR) is 62.6 cm³/mol. The van der Waals surface area contributed by atoms with E-state index in [1.165, 1.54) is 0 Å². The molecule has 15 heavy (non-hydrogen) atoms. The van der Waals surface area contributed by atoms with Gasteiger partial charge in [0, 0.05) is 0 Å². The molecule has 92 valence electrons. The van der Waals surface area contributed by atoms with Crippen molar-refractivity contribution < 1.29 is 8.78 Å². The van der Waals surface area contributed by atoms with Crippen LogP contribution in [-0.2, 0) is 0 Å². The summed E-state index contributed by atoms with van der Waals surface area (Å²) in [5, 5.41) is 0. The molecule has 0 fully saturated rings. The fourth-order valence-corrected chi connectivity index (χ4v) is 1.60. The van der Waals surface area contributed by atoms with Crippen molar-refractivity contribution in [3.8, 4) is 0 Å². The molecule has 0 N–H and O–H groups in total. The Morgan fingerprint density at radius 2 is 1.53 bits per heavy atom. The topological polar surface area (TPSA) is 0 Å². The molecule has 0 unspecified atom stereocenters. The lowest BCUT2D eigenvalue weighted by molar-refractivity contribution is 0.0509. The summed E-state index contributed by atoms with van der Waals surface area (Å²) in [6.45, 7) is 11.0. The Morgan fingerprint density at radius 1 is 1.07 bits per heavy atom. The molecule has 2 heteroatoms. The highest BCUT2D eigenvalue weighted by Gasteiger charge is 2.35. The normalized spacial score (nSPS) is 19.0. The SMILES string of the molecule is CC[C@@](F)(CCC(C)(C)[C@H](C)F)C(C)C. The van der Waals surface area contributed by atoms with Crippen molar-refractivity contribution in [3.63, 3.8) is 0 Å². The average molecular weight is 220 g/mol. The third kappa shape index (κ3) is 4.08. The maximum absolute atomic E-state index is 14.3. The van der Waals surface area contributed by atoms with Crippen LogP contribution in [0.15, 0.2) is 0 Å². The smallest absolute Gasteiger partial charge is 0.113 e. The zero-order chi connectivity index (χ0) is 12.3. The first-order valence-corrected chi connectivity index (χ1v) is 5.98. The van der Waals surface area contributed by atoms with Crippen LogP contribution < -0.4 is 0 Å². The second-order valence-electron chi connectivity index (χ2n) is 5.65. The van der Waals surface area contributed by atoms with Gasteiger partial charge < -0.3 is 0 Å². The molecule has 0 spiro atoms. The van der Waals surface area contributed by atoms with Gasteiger partial charge in [0.25, 0.3) is 0 Å². The lowest BCUT2D eigenvalue weighted by atomic mass is 9.77. The van der Waals surface area contributed by atoms with E-state index in [2.05, 4.69) is 0 Å². The number of halogens is 2. The summed E-state index contributed by atoms with van der Waals surface area (Å²) in [4.78, 5) is 0. The highest BCUT2D eigenvalue weighted by molar-refractivity contribution is 4.85. The predicted octanol–water partition coefficient (Wildman–Crippen LogP) is 4.93. The highest BCUT2D eigenvalue weighted by Crippen LogP contribution is 2.37. The standard InChI is InChI=1S/C13H26F2/c1-7-13(15,10(2)3)9-8-12(5,6)11(4)14/h10-11H,7-9H2,1-6H3/t11-,13+/m0/s1. The molecule has 0 saturated heterocycles. The molecular weight excluding hydrogens is 194 g/mol. The van der Waals surface area contributed by atoms with E-state index in [9.17, 15) is 8.78 Å². The van der Waals surface area contributed by atoms with Crippen LogP contribution in [0.3, 0.4) is 0 Å². The molecule has 0 amide bonds. The summed E-state index contributed by atoms with van der Waals surface area (Å²) in [6, 6.07) is 0. The molecule has 0 nitrogen and oxygen atoms in total. The largest absolute Gasteiger partial charge is 0.247 e. The van der Waals surface area contributed by atoms with E-state index in [0.717, 1.165) is 0 Å². The summed E-state index contributed by atoms with van der Waals surface area (Å²) in [7, 11) is 0. The Bertz CT molecular complexity index is 185. The molecular formula is C13H26F2. The molecule has 0 aromatic rings. The van der Waals surface area contributed by atoms with E-state index in [-0.39, 0.29) is 5.92 Å². The number of rotatable bonds is 6. The van der Waals surface area contributed by atoms with Gasteiger partial charge in [0.05, 0.1) is 0 Å². The van der Waals surface area contributed by atoms with Crippen LogP contribution in [0, 0.1) is 11.3 Å². The van der Waals surface area contributed by atoms with Crippen LogP contribution >= 0.6 is 0 Å². The summed E-state index contributed by atoms with van der Waals surface area (Å²) in [5.41, 5.74) is -1.55.